The summed E-state index contributed by atoms with van der Waals surface area (Å²) >= 11 is 0. The number of pyridine rings is 1. The fourth-order valence-corrected chi connectivity index (χ4v) is 2.21. The average molecular weight is 339 g/mol. The first kappa shape index (κ1) is 16.7. The van der Waals surface area contributed by atoms with E-state index in [0.29, 0.717) is 24.2 Å². The second-order valence-corrected chi connectivity index (χ2v) is 5.78. The lowest BCUT2D eigenvalue weighted by atomic mass is 10.2. The standard InChI is InChI=1S/C17H21N7O/c1-12(2)25-16-13(5-4-7-18-16)9-20-15-6-8-19-17(23-15)22-14-10-21-24(3)11-14/h4-8,10-12H,9H2,1-3H3,(H2,19,20,22,23). The molecule has 8 heteroatoms. The maximum atomic E-state index is 5.73. The first-order valence-corrected chi connectivity index (χ1v) is 8.03. The molecule has 0 saturated heterocycles. The predicted octanol–water partition coefficient (Wildman–Crippen LogP) is 2.75. The third-order valence-corrected chi connectivity index (χ3v) is 3.27. The summed E-state index contributed by atoms with van der Waals surface area (Å²) in [5, 5.41) is 10.5. The van der Waals surface area contributed by atoms with Gasteiger partial charge in [0.25, 0.3) is 0 Å². The maximum Gasteiger partial charge on any atom is 0.229 e. The molecule has 25 heavy (non-hydrogen) atoms. The molecular formula is C17H21N7O. The molecule has 0 aromatic carbocycles. The minimum atomic E-state index is 0.0722. The van der Waals surface area contributed by atoms with E-state index >= 15 is 0 Å². The van der Waals surface area contributed by atoms with E-state index in [2.05, 4.69) is 30.7 Å². The molecule has 0 spiro atoms. The molecular weight excluding hydrogens is 318 g/mol. The average Bonchev–Trinajstić information content (AvgIpc) is 2.99. The molecule has 0 unspecified atom stereocenters. The van der Waals surface area contributed by atoms with E-state index in [1.54, 1.807) is 23.3 Å². The molecule has 0 aliphatic rings. The first-order chi connectivity index (χ1) is 12.1. The summed E-state index contributed by atoms with van der Waals surface area (Å²) in [7, 11) is 1.86. The van der Waals surface area contributed by atoms with Crippen molar-refractivity contribution in [2.24, 2.45) is 7.05 Å². The van der Waals surface area contributed by atoms with Crippen LogP contribution in [-0.2, 0) is 13.6 Å². The van der Waals surface area contributed by atoms with Gasteiger partial charge >= 0.3 is 0 Å². The van der Waals surface area contributed by atoms with Crippen molar-refractivity contribution in [3.8, 4) is 5.88 Å². The summed E-state index contributed by atoms with van der Waals surface area (Å²) < 4.78 is 7.44. The Balaban J connectivity index is 1.67. The van der Waals surface area contributed by atoms with Crippen LogP contribution in [-0.4, -0.2) is 30.8 Å². The van der Waals surface area contributed by atoms with Gasteiger partial charge in [-0.1, -0.05) is 6.07 Å². The van der Waals surface area contributed by atoms with Crippen LogP contribution in [0.5, 0.6) is 5.88 Å². The Morgan fingerprint density at radius 3 is 2.84 bits per heavy atom. The number of nitrogens with zero attached hydrogens (tertiary/aromatic N) is 5. The highest BCUT2D eigenvalue weighted by atomic mass is 16.5. The highest BCUT2D eigenvalue weighted by Crippen LogP contribution is 2.18. The minimum absolute atomic E-state index is 0.0722. The van der Waals surface area contributed by atoms with Crippen LogP contribution in [0.25, 0.3) is 0 Å². The van der Waals surface area contributed by atoms with E-state index in [9.17, 15) is 0 Å². The van der Waals surface area contributed by atoms with Crippen molar-refractivity contribution in [2.75, 3.05) is 10.6 Å². The van der Waals surface area contributed by atoms with Gasteiger partial charge in [0, 0.05) is 37.7 Å². The van der Waals surface area contributed by atoms with Gasteiger partial charge in [-0.05, 0) is 26.0 Å². The third-order valence-electron chi connectivity index (χ3n) is 3.27. The van der Waals surface area contributed by atoms with Gasteiger partial charge in [0.05, 0.1) is 18.0 Å². The summed E-state index contributed by atoms with van der Waals surface area (Å²) in [5.41, 5.74) is 1.80. The number of aromatic nitrogens is 5. The summed E-state index contributed by atoms with van der Waals surface area (Å²) in [6, 6.07) is 5.68. The summed E-state index contributed by atoms with van der Waals surface area (Å²) in [5.74, 6) is 1.84. The van der Waals surface area contributed by atoms with Gasteiger partial charge in [0.1, 0.15) is 5.82 Å². The molecule has 0 fully saturated rings. The Hall–Kier alpha value is -3.16. The molecule has 0 aliphatic heterocycles. The third kappa shape index (κ3) is 4.66. The van der Waals surface area contributed by atoms with Crippen molar-refractivity contribution in [1.29, 1.82) is 0 Å². The number of hydrogen-bond donors (Lipinski definition) is 2. The molecule has 0 amide bonds. The van der Waals surface area contributed by atoms with Gasteiger partial charge in [-0.15, -0.1) is 0 Å². The number of nitrogens with one attached hydrogen (secondary N) is 2. The van der Waals surface area contributed by atoms with Crippen LogP contribution in [0, 0.1) is 0 Å². The van der Waals surface area contributed by atoms with E-state index in [0.717, 1.165) is 11.3 Å². The molecule has 3 aromatic heterocycles. The Bertz CT molecular complexity index is 831. The second kappa shape index (κ2) is 7.61. The topological polar surface area (TPSA) is 89.8 Å². The van der Waals surface area contributed by atoms with Crippen LogP contribution in [0.15, 0.2) is 43.0 Å². The fraction of sp³-hybridized carbons (Fsp3) is 0.294. The van der Waals surface area contributed by atoms with Crippen LogP contribution in [0.3, 0.4) is 0 Å². The second-order valence-electron chi connectivity index (χ2n) is 5.78. The van der Waals surface area contributed by atoms with Crippen LogP contribution >= 0.6 is 0 Å². The lowest BCUT2D eigenvalue weighted by molar-refractivity contribution is 0.230. The Morgan fingerprint density at radius 2 is 2.08 bits per heavy atom. The lowest BCUT2D eigenvalue weighted by Crippen LogP contribution is -2.11. The Morgan fingerprint density at radius 1 is 1.20 bits per heavy atom. The molecule has 130 valence electrons. The van der Waals surface area contributed by atoms with Crippen LogP contribution < -0.4 is 15.4 Å². The monoisotopic (exact) mass is 339 g/mol. The van der Waals surface area contributed by atoms with E-state index in [1.165, 1.54) is 0 Å². The van der Waals surface area contributed by atoms with E-state index in [4.69, 9.17) is 4.74 Å². The van der Waals surface area contributed by atoms with Crippen LogP contribution in [0.1, 0.15) is 19.4 Å². The number of rotatable bonds is 7. The van der Waals surface area contributed by atoms with Gasteiger partial charge < -0.3 is 15.4 Å². The summed E-state index contributed by atoms with van der Waals surface area (Å²) in [6.07, 6.45) is 7.07. The number of ether oxygens (including phenoxy) is 1. The molecule has 3 rings (SSSR count). The van der Waals surface area contributed by atoms with E-state index in [1.807, 2.05) is 45.3 Å². The van der Waals surface area contributed by atoms with Crippen molar-refractivity contribution in [1.82, 2.24) is 24.7 Å². The highest BCUT2D eigenvalue weighted by Gasteiger charge is 2.07. The highest BCUT2D eigenvalue weighted by molar-refractivity contribution is 5.52. The van der Waals surface area contributed by atoms with Crippen molar-refractivity contribution in [2.45, 2.75) is 26.5 Å². The molecule has 0 aliphatic carbocycles. The molecule has 2 N–H and O–H groups in total. The predicted molar refractivity (Wildman–Crippen MR) is 95.9 cm³/mol. The Labute approximate surface area is 146 Å². The molecule has 8 nitrogen and oxygen atoms in total. The van der Waals surface area contributed by atoms with Crippen LogP contribution in [0.4, 0.5) is 17.5 Å². The summed E-state index contributed by atoms with van der Waals surface area (Å²) in [6.45, 7) is 4.51. The van der Waals surface area contributed by atoms with Crippen molar-refractivity contribution in [3.63, 3.8) is 0 Å². The van der Waals surface area contributed by atoms with Crippen molar-refractivity contribution < 1.29 is 4.74 Å². The van der Waals surface area contributed by atoms with Crippen molar-refractivity contribution in [3.05, 3.63) is 48.5 Å². The fourth-order valence-electron chi connectivity index (χ4n) is 2.21. The molecule has 0 saturated carbocycles. The zero-order valence-corrected chi connectivity index (χ0v) is 14.5. The van der Waals surface area contributed by atoms with E-state index in [-0.39, 0.29) is 6.10 Å². The first-order valence-electron chi connectivity index (χ1n) is 8.03. The number of anilines is 3. The maximum absolute atomic E-state index is 5.73. The largest absolute Gasteiger partial charge is 0.475 e. The SMILES string of the molecule is CC(C)Oc1ncccc1CNc1ccnc(Nc2cnn(C)c2)n1. The normalized spacial score (nSPS) is 10.7. The zero-order chi connectivity index (χ0) is 17.6. The minimum Gasteiger partial charge on any atom is -0.475 e. The van der Waals surface area contributed by atoms with Gasteiger partial charge in [-0.3, -0.25) is 4.68 Å². The summed E-state index contributed by atoms with van der Waals surface area (Å²) in [4.78, 5) is 13.0. The van der Waals surface area contributed by atoms with Gasteiger partial charge in [-0.25, -0.2) is 9.97 Å². The van der Waals surface area contributed by atoms with Gasteiger partial charge in [-0.2, -0.15) is 10.1 Å². The lowest BCUT2D eigenvalue weighted by Gasteiger charge is -2.13. The van der Waals surface area contributed by atoms with Gasteiger partial charge in [0.15, 0.2) is 0 Å². The number of hydrogen-bond acceptors (Lipinski definition) is 7. The molecule has 0 atom stereocenters. The Kier molecular flexibility index (Phi) is 5.08. The smallest absolute Gasteiger partial charge is 0.229 e. The van der Waals surface area contributed by atoms with E-state index < -0.39 is 0 Å². The molecule has 3 aromatic rings. The zero-order valence-electron chi connectivity index (χ0n) is 14.5. The van der Waals surface area contributed by atoms with Gasteiger partial charge in [0.2, 0.25) is 11.8 Å². The number of aryl methyl sites for hydroxylation is 1. The van der Waals surface area contributed by atoms with Crippen LogP contribution in [0.2, 0.25) is 0 Å². The molecule has 0 bridgehead atoms. The molecule has 3 heterocycles. The van der Waals surface area contributed by atoms with Crippen molar-refractivity contribution >= 4 is 17.5 Å². The quantitative estimate of drug-likeness (QED) is 0.684. The molecule has 0 radical (unpaired) electrons.